The van der Waals surface area contributed by atoms with Crippen molar-refractivity contribution in [3.63, 3.8) is 0 Å². The molecule has 4 rings (SSSR count). The highest BCUT2D eigenvalue weighted by Crippen LogP contribution is 2.25. The van der Waals surface area contributed by atoms with Crippen molar-refractivity contribution in [2.24, 2.45) is 0 Å². The van der Waals surface area contributed by atoms with Crippen molar-refractivity contribution in [2.75, 3.05) is 25.6 Å². The molecule has 0 radical (unpaired) electrons. The minimum Gasteiger partial charge on any atom is -0.389 e. The van der Waals surface area contributed by atoms with Crippen LogP contribution in [0.25, 0.3) is 11.0 Å². The maximum absolute atomic E-state index is 13.5. The number of fused-ring (bicyclic) bond motifs is 1. The minimum absolute atomic E-state index is 0.0398. The molecule has 4 heterocycles. The number of ether oxygens (including phenoxy) is 1. The summed E-state index contributed by atoms with van der Waals surface area (Å²) in [5.41, 5.74) is 0.838. The molecule has 0 aromatic carbocycles. The van der Waals surface area contributed by atoms with Crippen molar-refractivity contribution in [1.82, 2.24) is 30.0 Å². The SMILES string of the molecule is CN(Cc1cc(F)cnc1Cl)C(=O)c1[nH]nc2ncnc(N[C@@H]3CCOC[C@H]3O)c12. The van der Waals surface area contributed by atoms with Gasteiger partial charge in [0, 0.05) is 25.8 Å². The summed E-state index contributed by atoms with van der Waals surface area (Å²) in [7, 11) is 1.55. The van der Waals surface area contributed by atoms with E-state index in [2.05, 4.69) is 30.5 Å². The smallest absolute Gasteiger partial charge is 0.272 e. The van der Waals surface area contributed by atoms with Gasteiger partial charge in [-0.2, -0.15) is 5.10 Å². The van der Waals surface area contributed by atoms with Crippen LogP contribution >= 0.6 is 11.6 Å². The van der Waals surface area contributed by atoms with E-state index in [1.54, 1.807) is 7.05 Å². The lowest BCUT2D eigenvalue weighted by Crippen LogP contribution is -2.42. The number of aliphatic hydroxyl groups excluding tert-OH is 1. The molecule has 0 saturated carbocycles. The number of nitrogens with one attached hydrogen (secondary N) is 2. The van der Waals surface area contributed by atoms with Gasteiger partial charge < -0.3 is 20.1 Å². The lowest BCUT2D eigenvalue weighted by Gasteiger charge is -2.29. The maximum atomic E-state index is 13.5. The topological polar surface area (TPSA) is 129 Å². The van der Waals surface area contributed by atoms with Crippen molar-refractivity contribution in [3.05, 3.63) is 40.8 Å². The van der Waals surface area contributed by atoms with Gasteiger partial charge >= 0.3 is 0 Å². The summed E-state index contributed by atoms with van der Waals surface area (Å²) in [4.78, 5) is 26.5. The monoisotopic (exact) mass is 435 g/mol. The van der Waals surface area contributed by atoms with Crippen molar-refractivity contribution >= 4 is 34.4 Å². The van der Waals surface area contributed by atoms with Crippen LogP contribution in [-0.4, -0.2) is 73.5 Å². The molecule has 10 nitrogen and oxygen atoms in total. The summed E-state index contributed by atoms with van der Waals surface area (Å²) in [6.45, 7) is 0.762. The molecule has 0 bridgehead atoms. The van der Waals surface area contributed by atoms with E-state index in [1.807, 2.05) is 0 Å². The molecule has 0 aliphatic carbocycles. The third-order valence-corrected chi connectivity index (χ3v) is 5.19. The molecule has 3 aromatic rings. The molecular weight excluding hydrogens is 417 g/mol. The Labute approximate surface area is 175 Å². The normalized spacial score (nSPS) is 19.1. The van der Waals surface area contributed by atoms with Gasteiger partial charge in [-0.1, -0.05) is 11.6 Å². The molecule has 1 aliphatic heterocycles. The van der Waals surface area contributed by atoms with Gasteiger partial charge in [0.15, 0.2) is 5.65 Å². The average Bonchev–Trinajstić information content (AvgIpc) is 3.17. The van der Waals surface area contributed by atoms with Crippen LogP contribution < -0.4 is 5.32 Å². The second-order valence-corrected chi connectivity index (χ2v) is 7.32. The predicted molar refractivity (Wildman–Crippen MR) is 106 cm³/mol. The van der Waals surface area contributed by atoms with Crippen LogP contribution in [0.4, 0.5) is 10.2 Å². The number of H-pyrrole nitrogens is 1. The Balaban J connectivity index is 1.62. The van der Waals surface area contributed by atoms with E-state index >= 15 is 0 Å². The number of nitrogens with zero attached hydrogens (tertiary/aromatic N) is 5. The van der Waals surface area contributed by atoms with Crippen LogP contribution in [0.2, 0.25) is 5.15 Å². The van der Waals surface area contributed by atoms with E-state index in [1.165, 1.54) is 17.3 Å². The summed E-state index contributed by atoms with van der Waals surface area (Å²) in [6, 6.07) is 0.942. The molecule has 1 amide bonds. The molecule has 0 spiro atoms. The Morgan fingerprint density at radius 3 is 3.10 bits per heavy atom. The van der Waals surface area contributed by atoms with Gasteiger partial charge in [0.2, 0.25) is 0 Å². The third kappa shape index (κ3) is 4.04. The van der Waals surface area contributed by atoms with Crippen LogP contribution in [0.3, 0.4) is 0 Å². The van der Waals surface area contributed by atoms with Gasteiger partial charge in [-0.15, -0.1) is 0 Å². The molecular formula is C18H19ClFN7O3. The number of amides is 1. The lowest BCUT2D eigenvalue weighted by molar-refractivity contribution is -0.0135. The number of pyridine rings is 1. The van der Waals surface area contributed by atoms with Crippen LogP contribution in [0.15, 0.2) is 18.6 Å². The number of hydrogen-bond donors (Lipinski definition) is 3. The summed E-state index contributed by atoms with van der Waals surface area (Å²) in [5, 5.41) is 20.6. The number of hydrogen-bond acceptors (Lipinski definition) is 8. The van der Waals surface area contributed by atoms with Gasteiger partial charge in [-0.05, 0) is 12.5 Å². The Morgan fingerprint density at radius 2 is 2.30 bits per heavy atom. The van der Waals surface area contributed by atoms with Crippen LogP contribution in [0, 0.1) is 5.82 Å². The third-order valence-electron chi connectivity index (χ3n) is 4.85. The first-order chi connectivity index (χ1) is 14.4. The fourth-order valence-corrected chi connectivity index (χ4v) is 3.44. The van der Waals surface area contributed by atoms with Crippen molar-refractivity contribution in [2.45, 2.75) is 25.1 Å². The molecule has 12 heteroatoms. The zero-order valence-corrected chi connectivity index (χ0v) is 16.7. The van der Waals surface area contributed by atoms with Crippen LogP contribution in [0.5, 0.6) is 0 Å². The van der Waals surface area contributed by atoms with E-state index in [-0.39, 0.29) is 30.0 Å². The van der Waals surface area contributed by atoms with Crippen molar-refractivity contribution in [1.29, 1.82) is 0 Å². The van der Waals surface area contributed by atoms with E-state index in [0.29, 0.717) is 35.4 Å². The van der Waals surface area contributed by atoms with Gasteiger partial charge in [-0.3, -0.25) is 9.89 Å². The van der Waals surface area contributed by atoms with E-state index in [4.69, 9.17) is 16.3 Å². The highest BCUT2D eigenvalue weighted by atomic mass is 35.5. The minimum atomic E-state index is -0.708. The first-order valence-electron chi connectivity index (χ1n) is 9.21. The Bertz CT molecular complexity index is 1080. The molecule has 3 aromatic heterocycles. The number of aromatic nitrogens is 5. The molecule has 30 heavy (non-hydrogen) atoms. The first kappa shape index (κ1) is 20.4. The van der Waals surface area contributed by atoms with Crippen LogP contribution in [0.1, 0.15) is 22.5 Å². The molecule has 1 aliphatic rings. The standard InChI is InChI=1S/C18H19ClFN7O3/c1-27(6-9-4-10(20)5-21-15(9)19)18(29)14-13-16(22-8-23-17(13)26-25-14)24-11-2-3-30-7-12(11)28/h4-5,8,11-12,28H,2-3,6-7H2,1H3,(H2,22,23,24,25,26)/t11-,12-/m1/s1. The highest BCUT2D eigenvalue weighted by molar-refractivity contribution is 6.30. The molecule has 0 unspecified atom stereocenters. The second kappa shape index (κ2) is 8.46. The molecule has 1 fully saturated rings. The van der Waals surface area contributed by atoms with Crippen LogP contribution in [-0.2, 0) is 11.3 Å². The fraction of sp³-hybridized carbons (Fsp3) is 0.389. The summed E-state index contributed by atoms with van der Waals surface area (Å²) < 4.78 is 18.7. The Morgan fingerprint density at radius 1 is 1.47 bits per heavy atom. The van der Waals surface area contributed by atoms with E-state index in [9.17, 15) is 14.3 Å². The number of rotatable bonds is 5. The zero-order chi connectivity index (χ0) is 21.3. The zero-order valence-electron chi connectivity index (χ0n) is 16.0. The molecule has 3 N–H and O–H groups in total. The van der Waals surface area contributed by atoms with E-state index in [0.717, 1.165) is 6.20 Å². The lowest BCUT2D eigenvalue weighted by atomic mass is 10.1. The summed E-state index contributed by atoms with van der Waals surface area (Å²) in [6.07, 6.45) is 2.21. The number of aromatic amines is 1. The fourth-order valence-electron chi connectivity index (χ4n) is 3.28. The average molecular weight is 436 g/mol. The van der Waals surface area contributed by atoms with Crippen molar-refractivity contribution in [3.8, 4) is 0 Å². The van der Waals surface area contributed by atoms with Gasteiger partial charge in [0.1, 0.15) is 28.8 Å². The quantitative estimate of drug-likeness (QED) is 0.512. The second-order valence-electron chi connectivity index (χ2n) is 6.97. The summed E-state index contributed by atoms with van der Waals surface area (Å²) >= 11 is 6.01. The maximum Gasteiger partial charge on any atom is 0.272 e. The first-order valence-corrected chi connectivity index (χ1v) is 9.58. The number of halogens is 2. The van der Waals surface area contributed by atoms with Gasteiger partial charge in [-0.25, -0.2) is 19.3 Å². The molecule has 2 atom stereocenters. The Kier molecular flexibility index (Phi) is 5.75. The highest BCUT2D eigenvalue weighted by Gasteiger charge is 2.27. The van der Waals surface area contributed by atoms with Gasteiger partial charge in [0.25, 0.3) is 5.91 Å². The predicted octanol–water partition coefficient (Wildman–Crippen LogP) is 1.37. The molecule has 158 valence electrons. The number of carbonyl (C=O) groups is 1. The largest absolute Gasteiger partial charge is 0.389 e. The summed E-state index contributed by atoms with van der Waals surface area (Å²) in [5.74, 6) is -0.581. The number of carbonyl (C=O) groups excluding carboxylic acids is 1. The Hall–Kier alpha value is -2.89. The van der Waals surface area contributed by atoms with Gasteiger partial charge in [0.05, 0.1) is 30.3 Å². The number of aliphatic hydroxyl groups is 1. The van der Waals surface area contributed by atoms with E-state index < -0.39 is 17.8 Å². The van der Waals surface area contributed by atoms with Crippen molar-refractivity contribution < 1.29 is 19.0 Å². The molecule has 1 saturated heterocycles. The number of anilines is 1.